The Hall–Kier alpha value is -2.18. The Kier molecular flexibility index (Phi) is 4.73. The lowest BCUT2D eigenvalue weighted by atomic mass is 10.1. The van der Waals surface area contributed by atoms with Crippen LogP contribution in [0.3, 0.4) is 0 Å². The molecule has 0 N–H and O–H groups in total. The quantitative estimate of drug-likeness (QED) is 0.612. The molecule has 0 saturated heterocycles. The second-order valence-corrected chi connectivity index (χ2v) is 6.02. The zero-order valence-corrected chi connectivity index (χ0v) is 14.1. The average molecular weight is 393 g/mol. The Labute approximate surface area is 146 Å². The molecule has 23 heavy (non-hydrogen) atoms. The fourth-order valence-corrected chi connectivity index (χ4v) is 2.36. The van der Waals surface area contributed by atoms with Crippen molar-refractivity contribution in [2.45, 2.75) is 6.23 Å². The highest BCUT2D eigenvalue weighted by molar-refractivity contribution is 9.10. The zero-order valence-electron chi connectivity index (χ0n) is 11.8. The van der Waals surface area contributed by atoms with Crippen molar-refractivity contribution in [1.29, 1.82) is 0 Å². The highest BCUT2D eigenvalue weighted by atomic mass is 79.9. The van der Waals surface area contributed by atoms with Gasteiger partial charge in [0.15, 0.2) is 0 Å². The van der Waals surface area contributed by atoms with Gasteiger partial charge in [-0.25, -0.2) is 9.67 Å². The van der Waals surface area contributed by atoms with Crippen LogP contribution >= 0.6 is 27.5 Å². The van der Waals surface area contributed by atoms with Crippen LogP contribution in [0.1, 0.15) is 16.6 Å². The van der Waals surface area contributed by atoms with Crippen LogP contribution in [0.15, 0.2) is 65.7 Å². The van der Waals surface area contributed by atoms with Crippen LogP contribution in [0.2, 0.25) is 5.02 Å². The van der Waals surface area contributed by atoms with E-state index in [2.05, 4.69) is 26.0 Å². The summed E-state index contributed by atoms with van der Waals surface area (Å²) < 4.78 is 8.11. The van der Waals surface area contributed by atoms with Gasteiger partial charge in [0, 0.05) is 15.1 Å². The molecular formula is C16H11BrClN3O2. The molecule has 0 saturated carbocycles. The van der Waals surface area contributed by atoms with Crippen molar-refractivity contribution in [2.75, 3.05) is 0 Å². The fraction of sp³-hybridized carbons (Fsp3) is 0.0625. The number of carbonyl (C=O) groups is 1. The summed E-state index contributed by atoms with van der Waals surface area (Å²) >= 11 is 9.23. The van der Waals surface area contributed by atoms with Crippen LogP contribution in [0, 0.1) is 0 Å². The van der Waals surface area contributed by atoms with Gasteiger partial charge in [0.2, 0.25) is 5.78 Å². The van der Waals surface area contributed by atoms with Crippen LogP contribution in [0.25, 0.3) is 0 Å². The summed E-state index contributed by atoms with van der Waals surface area (Å²) in [6, 6.07) is 13.8. The third-order valence-electron chi connectivity index (χ3n) is 3.09. The first kappa shape index (κ1) is 15.7. The predicted octanol–water partition coefficient (Wildman–Crippen LogP) is 4.15. The van der Waals surface area contributed by atoms with Crippen molar-refractivity contribution in [3.63, 3.8) is 0 Å². The lowest BCUT2D eigenvalue weighted by Gasteiger charge is -2.18. The summed E-state index contributed by atoms with van der Waals surface area (Å²) in [5, 5.41) is 4.58. The van der Waals surface area contributed by atoms with E-state index in [1.807, 2.05) is 12.1 Å². The van der Waals surface area contributed by atoms with Crippen molar-refractivity contribution < 1.29 is 9.53 Å². The van der Waals surface area contributed by atoms with Gasteiger partial charge in [-0.05, 0) is 48.5 Å². The van der Waals surface area contributed by atoms with Crippen molar-refractivity contribution in [3.05, 3.63) is 76.2 Å². The third-order valence-corrected chi connectivity index (χ3v) is 3.87. The molecule has 0 radical (unpaired) electrons. The molecule has 1 aromatic heterocycles. The van der Waals surface area contributed by atoms with Gasteiger partial charge in [0.1, 0.15) is 18.4 Å². The van der Waals surface area contributed by atoms with Crippen molar-refractivity contribution in [2.24, 2.45) is 0 Å². The minimum Gasteiger partial charge on any atom is -0.461 e. The fourth-order valence-electron chi connectivity index (χ4n) is 1.96. The van der Waals surface area contributed by atoms with Gasteiger partial charge in [0.05, 0.1) is 0 Å². The van der Waals surface area contributed by atoms with Crippen molar-refractivity contribution >= 4 is 33.3 Å². The lowest BCUT2D eigenvalue weighted by molar-refractivity contribution is 0.0619. The maximum Gasteiger partial charge on any atom is 0.256 e. The second kappa shape index (κ2) is 6.93. The molecule has 0 spiro atoms. The molecule has 1 atom stereocenters. The number of halogens is 2. The SMILES string of the molecule is O=C(c1ccc(Cl)cc1)C(Oc1ccc(Br)cc1)n1cncn1. The molecule has 116 valence electrons. The Morgan fingerprint density at radius 2 is 1.83 bits per heavy atom. The lowest BCUT2D eigenvalue weighted by Crippen LogP contribution is -2.25. The van der Waals surface area contributed by atoms with E-state index in [0.29, 0.717) is 16.3 Å². The minimum absolute atomic E-state index is 0.241. The highest BCUT2D eigenvalue weighted by Gasteiger charge is 2.24. The molecule has 7 heteroatoms. The van der Waals surface area contributed by atoms with Crippen molar-refractivity contribution in [1.82, 2.24) is 14.8 Å². The number of ether oxygens (including phenoxy) is 1. The zero-order chi connectivity index (χ0) is 16.2. The molecule has 2 aromatic carbocycles. The number of hydrogen-bond donors (Lipinski definition) is 0. The van der Waals surface area contributed by atoms with Gasteiger partial charge in [-0.2, -0.15) is 5.10 Å². The van der Waals surface area contributed by atoms with E-state index in [0.717, 1.165) is 4.47 Å². The summed E-state index contributed by atoms with van der Waals surface area (Å²) in [4.78, 5) is 16.6. The Balaban J connectivity index is 1.91. The number of Topliss-reactive ketones (excluding diaryl/α,β-unsaturated/α-hetero) is 1. The summed E-state index contributed by atoms with van der Waals surface area (Å²) in [5.41, 5.74) is 0.479. The smallest absolute Gasteiger partial charge is 0.256 e. The van der Waals surface area contributed by atoms with Gasteiger partial charge < -0.3 is 4.74 Å². The Morgan fingerprint density at radius 3 is 2.43 bits per heavy atom. The van der Waals surface area contributed by atoms with Crippen LogP contribution in [0.5, 0.6) is 5.75 Å². The minimum atomic E-state index is -0.945. The first-order valence-electron chi connectivity index (χ1n) is 6.69. The van der Waals surface area contributed by atoms with E-state index in [1.54, 1.807) is 36.4 Å². The number of aromatic nitrogens is 3. The summed E-state index contributed by atoms with van der Waals surface area (Å²) in [5.74, 6) is 0.311. The molecule has 0 amide bonds. The van der Waals surface area contributed by atoms with Gasteiger partial charge in [-0.3, -0.25) is 4.79 Å². The number of rotatable bonds is 5. The molecule has 5 nitrogen and oxygen atoms in total. The van der Waals surface area contributed by atoms with E-state index in [4.69, 9.17) is 16.3 Å². The average Bonchev–Trinajstić information content (AvgIpc) is 3.08. The van der Waals surface area contributed by atoms with E-state index >= 15 is 0 Å². The number of carbonyl (C=O) groups excluding carboxylic acids is 1. The van der Waals surface area contributed by atoms with E-state index in [-0.39, 0.29) is 5.78 Å². The summed E-state index contributed by atoms with van der Waals surface area (Å²) in [7, 11) is 0. The predicted molar refractivity (Wildman–Crippen MR) is 89.6 cm³/mol. The highest BCUT2D eigenvalue weighted by Crippen LogP contribution is 2.23. The Morgan fingerprint density at radius 1 is 1.13 bits per heavy atom. The molecule has 0 fully saturated rings. The molecule has 3 aromatic rings. The first-order valence-corrected chi connectivity index (χ1v) is 7.87. The molecular weight excluding hydrogens is 382 g/mol. The maximum absolute atomic E-state index is 12.8. The van der Waals surface area contributed by atoms with Crippen LogP contribution in [-0.2, 0) is 0 Å². The number of nitrogens with zero attached hydrogens (tertiary/aromatic N) is 3. The molecule has 0 bridgehead atoms. The molecule has 0 aliphatic carbocycles. The molecule has 1 unspecified atom stereocenters. The van der Waals surface area contributed by atoms with Crippen LogP contribution in [0.4, 0.5) is 0 Å². The molecule has 1 heterocycles. The molecule has 3 rings (SSSR count). The van der Waals surface area contributed by atoms with Crippen LogP contribution in [-0.4, -0.2) is 20.5 Å². The number of benzene rings is 2. The third kappa shape index (κ3) is 3.78. The monoisotopic (exact) mass is 391 g/mol. The van der Waals surface area contributed by atoms with Crippen molar-refractivity contribution in [3.8, 4) is 5.75 Å². The van der Waals surface area contributed by atoms with Gasteiger partial charge in [-0.1, -0.05) is 27.5 Å². The van der Waals surface area contributed by atoms with E-state index in [9.17, 15) is 4.79 Å². The topological polar surface area (TPSA) is 57.0 Å². The Bertz CT molecular complexity index is 789. The van der Waals surface area contributed by atoms with Gasteiger partial charge in [0.25, 0.3) is 6.23 Å². The largest absolute Gasteiger partial charge is 0.461 e. The van der Waals surface area contributed by atoms with E-state index < -0.39 is 6.23 Å². The first-order chi connectivity index (χ1) is 11.1. The van der Waals surface area contributed by atoms with Gasteiger partial charge in [-0.15, -0.1) is 0 Å². The van der Waals surface area contributed by atoms with Crippen LogP contribution < -0.4 is 4.74 Å². The standard InChI is InChI=1S/C16H11BrClN3O2/c17-12-3-7-14(8-4-12)23-16(21-10-19-9-20-21)15(22)11-1-5-13(18)6-2-11/h1-10,16H. The summed E-state index contributed by atoms with van der Waals surface area (Å²) in [6.45, 7) is 0. The normalized spacial score (nSPS) is 11.9. The number of ketones is 1. The second-order valence-electron chi connectivity index (χ2n) is 4.67. The van der Waals surface area contributed by atoms with Gasteiger partial charge >= 0.3 is 0 Å². The number of hydrogen-bond acceptors (Lipinski definition) is 4. The van der Waals surface area contributed by atoms with E-state index in [1.165, 1.54) is 17.3 Å². The summed E-state index contributed by atoms with van der Waals surface area (Å²) in [6.07, 6.45) is 1.85. The molecule has 0 aliphatic rings. The maximum atomic E-state index is 12.8. The molecule has 0 aliphatic heterocycles.